The van der Waals surface area contributed by atoms with Gasteiger partial charge in [0.1, 0.15) is 0 Å². The average molecular weight is 380 g/mol. The first kappa shape index (κ1) is 18.8. The third-order valence-electron chi connectivity index (χ3n) is 5.20. The van der Waals surface area contributed by atoms with E-state index in [2.05, 4.69) is 4.72 Å². The summed E-state index contributed by atoms with van der Waals surface area (Å²) in [6.07, 6.45) is 4.58. The number of carbonyl (C=O) groups is 2. The maximum atomic E-state index is 12.7. The molecule has 1 aromatic carbocycles. The van der Waals surface area contributed by atoms with Gasteiger partial charge in [-0.05, 0) is 43.9 Å². The van der Waals surface area contributed by atoms with Crippen LogP contribution in [0.3, 0.4) is 0 Å². The highest BCUT2D eigenvalue weighted by Gasteiger charge is 2.28. The second-order valence-electron chi connectivity index (χ2n) is 7.04. The summed E-state index contributed by atoms with van der Waals surface area (Å²) in [5.74, 6) is -1.50. The van der Waals surface area contributed by atoms with Gasteiger partial charge < -0.3 is 10.0 Å². The van der Waals surface area contributed by atoms with Gasteiger partial charge in [0.25, 0.3) is 5.91 Å². The van der Waals surface area contributed by atoms with Crippen LogP contribution in [0.4, 0.5) is 0 Å². The zero-order chi connectivity index (χ0) is 18.7. The molecule has 1 aliphatic carbocycles. The smallest absolute Gasteiger partial charge is 0.306 e. The number of rotatable bonds is 5. The molecule has 1 saturated carbocycles. The molecule has 1 aliphatic heterocycles. The molecule has 0 aromatic heterocycles. The number of hydrogen-bond donors (Lipinski definition) is 2. The number of benzene rings is 1. The Balaban J connectivity index is 1.70. The number of carbonyl (C=O) groups excluding carboxylic acids is 1. The Morgan fingerprint density at radius 2 is 1.73 bits per heavy atom. The predicted octanol–water partition coefficient (Wildman–Crippen LogP) is 1.84. The van der Waals surface area contributed by atoms with Crippen LogP contribution in [0.1, 0.15) is 48.9 Å². The standard InChI is InChI=1S/C18H24N2O5S/c21-17(20-10-8-13(9-11-20)18(22)23)14-4-3-7-16(12-14)26(24,25)19-15-5-1-2-6-15/h3-4,7,12-13,15,19H,1-2,5-6,8-11H2,(H,22,23). The lowest BCUT2D eigenvalue weighted by Crippen LogP contribution is -2.40. The maximum Gasteiger partial charge on any atom is 0.306 e. The number of nitrogens with zero attached hydrogens (tertiary/aromatic N) is 1. The zero-order valence-electron chi connectivity index (χ0n) is 14.6. The zero-order valence-corrected chi connectivity index (χ0v) is 15.4. The van der Waals surface area contributed by atoms with E-state index in [1.54, 1.807) is 17.0 Å². The normalized spacial score (nSPS) is 19.6. The highest BCUT2D eigenvalue weighted by atomic mass is 32.2. The number of hydrogen-bond acceptors (Lipinski definition) is 4. The minimum atomic E-state index is -3.65. The fourth-order valence-corrected chi connectivity index (χ4v) is 4.99. The van der Waals surface area contributed by atoms with E-state index in [0.717, 1.165) is 25.7 Å². The number of sulfonamides is 1. The molecule has 8 heteroatoms. The van der Waals surface area contributed by atoms with Gasteiger partial charge in [0.2, 0.25) is 10.0 Å². The van der Waals surface area contributed by atoms with Gasteiger partial charge in [-0.25, -0.2) is 13.1 Å². The fourth-order valence-electron chi connectivity index (χ4n) is 3.64. The van der Waals surface area contributed by atoms with E-state index >= 15 is 0 Å². The van der Waals surface area contributed by atoms with E-state index in [0.29, 0.717) is 31.5 Å². The molecule has 2 aliphatic rings. The van der Waals surface area contributed by atoms with Crippen LogP contribution in [0.25, 0.3) is 0 Å². The van der Waals surface area contributed by atoms with Crippen molar-refractivity contribution in [3.05, 3.63) is 29.8 Å². The van der Waals surface area contributed by atoms with Crippen molar-refractivity contribution in [1.29, 1.82) is 0 Å². The van der Waals surface area contributed by atoms with Crippen LogP contribution in [0.5, 0.6) is 0 Å². The van der Waals surface area contributed by atoms with Gasteiger partial charge in [-0.15, -0.1) is 0 Å². The van der Waals surface area contributed by atoms with Crippen LogP contribution >= 0.6 is 0 Å². The number of carboxylic acid groups (broad SMARTS) is 1. The molecular formula is C18H24N2O5S. The molecule has 7 nitrogen and oxygen atoms in total. The van der Waals surface area contributed by atoms with Crippen LogP contribution < -0.4 is 4.72 Å². The highest BCUT2D eigenvalue weighted by Crippen LogP contribution is 2.22. The summed E-state index contributed by atoms with van der Waals surface area (Å²) in [5.41, 5.74) is 0.313. The number of likely N-dealkylation sites (tertiary alicyclic amines) is 1. The van der Waals surface area contributed by atoms with Crippen LogP contribution in [0.15, 0.2) is 29.2 Å². The summed E-state index contributed by atoms with van der Waals surface area (Å²) in [5, 5.41) is 9.05. The van der Waals surface area contributed by atoms with E-state index in [9.17, 15) is 18.0 Å². The van der Waals surface area contributed by atoms with Gasteiger partial charge in [0.15, 0.2) is 0 Å². The van der Waals surface area contributed by atoms with E-state index in [1.165, 1.54) is 12.1 Å². The summed E-state index contributed by atoms with van der Waals surface area (Å²) in [7, 11) is -3.65. The Hall–Kier alpha value is -1.93. The lowest BCUT2D eigenvalue weighted by atomic mass is 9.96. The average Bonchev–Trinajstić information content (AvgIpc) is 3.13. The molecule has 2 fully saturated rings. The summed E-state index contributed by atoms with van der Waals surface area (Å²) >= 11 is 0. The SMILES string of the molecule is O=C(O)C1CCN(C(=O)c2cccc(S(=O)(=O)NC3CCCC3)c2)CC1. The van der Waals surface area contributed by atoms with Gasteiger partial charge in [0, 0.05) is 24.7 Å². The van der Waals surface area contributed by atoms with Crippen molar-refractivity contribution < 1.29 is 23.1 Å². The number of amides is 1. The first-order valence-corrected chi connectivity index (χ1v) is 10.5. The van der Waals surface area contributed by atoms with Crippen molar-refractivity contribution in [2.75, 3.05) is 13.1 Å². The molecule has 3 rings (SSSR count). The molecule has 0 unspecified atom stereocenters. The Bertz CT molecular complexity index is 779. The second-order valence-corrected chi connectivity index (χ2v) is 8.75. The number of carboxylic acids is 1. The molecule has 0 radical (unpaired) electrons. The van der Waals surface area contributed by atoms with Gasteiger partial charge in [-0.3, -0.25) is 9.59 Å². The van der Waals surface area contributed by atoms with E-state index in [-0.39, 0.29) is 16.8 Å². The van der Waals surface area contributed by atoms with Gasteiger partial charge in [-0.2, -0.15) is 0 Å². The minimum absolute atomic E-state index is 0.0330. The van der Waals surface area contributed by atoms with Crippen molar-refractivity contribution in [3.8, 4) is 0 Å². The first-order valence-electron chi connectivity index (χ1n) is 9.01. The molecule has 0 atom stereocenters. The molecule has 142 valence electrons. The fraction of sp³-hybridized carbons (Fsp3) is 0.556. The predicted molar refractivity (Wildman–Crippen MR) is 95.3 cm³/mol. The monoisotopic (exact) mass is 380 g/mol. The molecule has 0 spiro atoms. The van der Waals surface area contributed by atoms with Crippen LogP contribution in [0.2, 0.25) is 0 Å². The van der Waals surface area contributed by atoms with Crippen LogP contribution in [-0.4, -0.2) is 49.4 Å². The summed E-state index contributed by atoms with van der Waals surface area (Å²) < 4.78 is 27.8. The second kappa shape index (κ2) is 7.75. The molecule has 26 heavy (non-hydrogen) atoms. The molecule has 1 aromatic rings. The summed E-state index contributed by atoms with van der Waals surface area (Å²) in [4.78, 5) is 25.4. The topological polar surface area (TPSA) is 104 Å². The summed E-state index contributed by atoms with van der Waals surface area (Å²) in [6.45, 7) is 0.736. The quantitative estimate of drug-likeness (QED) is 0.811. The van der Waals surface area contributed by atoms with Crippen molar-refractivity contribution in [2.24, 2.45) is 5.92 Å². The van der Waals surface area contributed by atoms with E-state index < -0.39 is 21.9 Å². The van der Waals surface area contributed by atoms with Gasteiger partial charge in [0.05, 0.1) is 10.8 Å². The molecule has 1 heterocycles. The molecule has 2 N–H and O–H groups in total. The largest absolute Gasteiger partial charge is 0.481 e. The number of nitrogens with one attached hydrogen (secondary N) is 1. The van der Waals surface area contributed by atoms with Crippen molar-refractivity contribution in [3.63, 3.8) is 0 Å². The lowest BCUT2D eigenvalue weighted by Gasteiger charge is -2.30. The van der Waals surface area contributed by atoms with Gasteiger partial charge in [-0.1, -0.05) is 18.9 Å². The minimum Gasteiger partial charge on any atom is -0.481 e. The third kappa shape index (κ3) is 4.24. The highest BCUT2D eigenvalue weighted by molar-refractivity contribution is 7.89. The van der Waals surface area contributed by atoms with Crippen molar-refractivity contribution in [1.82, 2.24) is 9.62 Å². The Morgan fingerprint density at radius 3 is 2.35 bits per heavy atom. The summed E-state index contributed by atoms with van der Waals surface area (Å²) in [6, 6.07) is 6.03. The van der Waals surface area contributed by atoms with E-state index in [4.69, 9.17) is 5.11 Å². The Kier molecular flexibility index (Phi) is 5.62. The molecular weight excluding hydrogens is 356 g/mol. The van der Waals surface area contributed by atoms with Crippen LogP contribution in [0, 0.1) is 5.92 Å². The Morgan fingerprint density at radius 1 is 1.08 bits per heavy atom. The van der Waals surface area contributed by atoms with E-state index in [1.807, 2.05) is 0 Å². The number of aliphatic carboxylic acids is 1. The molecule has 1 amide bonds. The molecule has 1 saturated heterocycles. The lowest BCUT2D eigenvalue weighted by molar-refractivity contribution is -0.143. The van der Waals surface area contributed by atoms with Crippen molar-refractivity contribution in [2.45, 2.75) is 49.5 Å². The maximum absolute atomic E-state index is 12.7. The first-order chi connectivity index (χ1) is 12.4. The Labute approximate surface area is 153 Å². The van der Waals surface area contributed by atoms with Gasteiger partial charge >= 0.3 is 5.97 Å². The third-order valence-corrected chi connectivity index (χ3v) is 6.72. The van der Waals surface area contributed by atoms with Crippen molar-refractivity contribution >= 4 is 21.9 Å². The van der Waals surface area contributed by atoms with Crippen LogP contribution in [-0.2, 0) is 14.8 Å². The number of piperidine rings is 1. The molecule has 0 bridgehead atoms.